The van der Waals surface area contributed by atoms with Crippen molar-refractivity contribution < 1.29 is 19.4 Å². The van der Waals surface area contributed by atoms with Crippen LogP contribution in [0.2, 0.25) is 0 Å². The van der Waals surface area contributed by atoms with Gasteiger partial charge in [-0.15, -0.1) is 0 Å². The van der Waals surface area contributed by atoms with Crippen LogP contribution < -0.4 is 14.4 Å². The molecular weight excluding hydrogens is 468 g/mol. The summed E-state index contributed by atoms with van der Waals surface area (Å²) in [5, 5.41) is 10.8. The van der Waals surface area contributed by atoms with Crippen LogP contribution in [0.3, 0.4) is 0 Å². The number of aliphatic hydroxyl groups excluding tert-OH is 1. The first-order valence-corrected chi connectivity index (χ1v) is 11.9. The molecule has 1 N–H and O–H groups in total. The van der Waals surface area contributed by atoms with Gasteiger partial charge in [-0.3, -0.25) is 0 Å². The minimum absolute atomic E-state index is 0.0261. The molecule has 190 valence electrons. The van der Waals surface area contributed by atoms with Gasteiger partial charge in [0.25, 0.3) is 0 Å². The lowest BCUT2D eigenvalue weighted by atomic mass is 10.1. The topological polar surface area (TPSA) is 88.0 Å². The smallest absolute Gasteiger partial charge is 0.415 e. The highest BCUT2D eigenvalue weighted by Gasteiger charge is 2.20. The predicted molar refractivity (Wildman–Crippen MR) is 143 cm³/mol. The number of nitrogens with zero attached hydrogens (tertiary/aromatic N) is 4. The van der Waals surface area contributed by atoms with Gasteiger partial charge in [0.15, 0.2) is 5.75 Å². The van der Waals surface area contributed by atoms with Gasteiger partial charge in [0.05, 0.1) is 18.8 Å². The predicted octanol–water partition coefficient (Wildman–Crippen LogP) is 4.95. The highest BCUT2D eigenvalue weighted by Crippen LogP contribution is 2.29. The third-order valence-electron chi connectivity index (χ3n) is 5.64. The maximum atomic E-state index is 12.9. The van der Waals surface area contributed by atoms with Gasteiger partial charge < -0.3 is 24.4 Å². The molecule has 1 unspecified atom stereocenters. The second kappa shape index (κ2) is 12.0. The molecule has 0 saturated carbocycles. The summed E-state index contributed by atoms with van der Waals surface area (Å²) in [5.41, 5.74) is 2.98. The molecule has 1 heterocycles. The molecule has 0 aliphatic carbocycles. The van der Waals surface area contributed by atoms with Crippen LogP contribution in [0.4, 0.5) is 10.7 Å². The Labute approximate surface area is 216 Å². The third-order valence-corrected chi connectivity index (χ3v) is 5.64. The highest BCUT2D eigenvalue weighted by atomic mass is 16.6. The Kier molecular flexibility index (Phi) is 8.33. The molecule has 0 radical (unpaired) electrons. The summed E-state index contributed by atoms with van der Waals surface area (Å²) in [5.74, 6) is 1.37. The standard InChI is InChI=1S/C29H30N4O4/c1-32(2)28-30-18-26(27(31-28)22-13-8-5-9-14-22)37-29(35)33(3)19-25(34)23-15-10-16-24(17-23)36-20-21-11-6-4-7-12-21/h4-18,25,34H,19-20H2,1-3H3. The fraction of sp³-hybridized carbons (Fsp3) is 0.207. The van der Waals surface area contributed by atoms with E-state index in [0.717, 1.165) is 11.1 Å². The van der Waals surface area contributed by atoms with Gasteiger partial charge in [-0.1, -0.05) is 72.8 Å². The van der Waals surface area contributed by atoms with E-state index in [2.05, 4.69) is 9.97 Å². The number of hydrogen-bond donors (Lipinski definition) is 1. The number of rotatable bonds is 9. The molecule has 8 heteroatoms. The van der Waals surface area contributed by atoms with E-state index < -0.39 is 12.2 Å². The molecule has 3 aromatic carbocycles. The van der Waals surface area contributed by atoms with Crippen LogP contribution in [0.1, 0.15) is 17.2 Å². The fourth-order valence-electron chi connectivity index (χ4n) is 3.62. The SMILES string of the molecule is CN(CC(O)c1cccc(OCc2ccccc2)c1)C(=O)Oc1cnc(N(C)C)nc1-c1ccccc1. The summed E-state index contributed by atoms with van der Waals surface area (Å²) < 4.78 is 11.5. The summed E-state index contributed by atoms with van der Waals surface area (Å²) in [6.07, 6.45) is -0.0758. The Morgan fingerprint density at radius 3 is 2.35 bits per heavy atom. The second-order valence-electron chi connectivity index (χ2n) is 8.75. The van der Waals surface area contributed by atoms with Crippen LogP contribution in [0.15, 0.2) is 91.1 Å². The summed E-state index contributed by atoms with van der Waals surface area (Å²) in [4.78, 5) is 24.9. The maximum Gasteiger partial charge on any atom is 0.415 e. The van der Waals surface area contributed by atoms with Crippen molar-refractivity contribution in [3.05, 3.63) is 102 Å². The van der Waals surface area contributed by atoms with E-state index in [1.807, 2.05) is 86.9 Å². The number of anilines is 1. The van der Waals surface area contributed by atoms with Gasteiger partial charge in [0.2, 0.25) is 5.95 Å². The first kappa shape index (κ1) is 25.7. The van der Waals surface area contributed by atoms with Crippen LogP contribution >= 0.6 is 0 Å². The van der Waals surface area contributed by atoms with Crippen molar-refractivity contribution in [1.29, 1.82) is 0 Å². The molecule has 0 fully saturated rings. The van der Waals surface area contributed by atoms with Gasteiger partial charge in [0, 0.05) is 26.7 Å². The lowest BCUT2D eigenvalue weighted by Crippen LogP contribution is -2.33. The van der Waals surface area contributed by atoms with Crippen molar-refractivity contribution in [3.63, 3.8) is 0 Å². The zero-order valence-electron chi connectivity index (χ0n) is 21.1. The average Bonchev–Trinajstić information content (AvgIpc) is 2.93. The lowest BCUT2D eigenvalue weighted by Gasteiger charge is -2.22. The Bertz CT molecular complexity index is 1320. The van der Waals surface area contributed by atoms with Crippen molar-refractivity contribution in [1.82, 2.24) is 14.9 Å². The molecule has 0 saturated heterocycles. The Morgan fingerprint density at radius 2 is 1.65 bits per heavy atom. The first-order chi connectivity index (χ1) is 17.9. The van der Waals surface area contributed by atoms with Crippen molar-refractivity contribution in [2.45, 2.75) is 12.7 Å². The van der Waals surface area contributed by atoms with E-state index in [-0.39, 0.29) is 12.3 Å². The van der Waals surface area contributed by atoms with E-state index in [1.54, 1.807) is 24.1 Å². The summed E-state index contributed by atoms with van der Waals surface area (Å²) in [7, 11) is 5.25. The molecule has 4 rings (SSSR count). The van der Waals surface area contributed by atoms with Gasteiger partial charge in [-0.05, 0) is 23.3 Å². The molecule has 0 bridgehead atoms. The van der Waals surface area contributed by atoms with Crippen molar-refractivity contribution >= 4 is 12.0 Å². The van der Waals surface area contributed by atoms with E-state index in [9.17, 15) is 9.90 Å². The van der Waals surface area contributed by atoms with E-state index in [0.29, 0.717) is 29.6 Å². The van der Waals surface area contributed by atoms with Crippen LogP contribution in [-0.2, 0) is 6.61 Å². The molecule has 1 aromatic heterocycles. The number of aliphatic hydroxyl groups is 1. The first-order valence-electron chi connectivity index (χ1n) is 11.9. The minimum Gasteiger partial charge on any atom is -0.489 e. The van der Waals surface area contributed by atoms with Gasteiger partial charge in [-0.2, -0.15) is 0 Å². The molecule has 1 amide bonds. The molecule has 0 aliphatic heterocycles. The monoisotopic (exact) mass is 498 g/mol. The number of benzene rings is 3. The Balaban J connectivity index is 1.42. The highest BCUT2D eigenvalue weighted by molar-refractivity contribution is 5.75. The number of carbonyl (C=O) groups excluding carboxylic acids is 1. The number of aromatic nitrogens is 2. The fourth-order valence-corrected chi connectivity index (χ4v) is 3.62. The van der Waals surface area contributed by atoms with Crippen LogP contribution in [0.25, 0.3) is 11.3 Å². The zero-order valence-corrected chi connectivity index (χ0v) is 21.1. The van der Waals surface area contributed by atoms with E-state index in [1.165, 1.54) is 11.1 Å². The molecule has 8 nitrogen and oxygen atoms in total. The van der Waals surface area contributed by atoms with Crippen molar-refractivity contribution in [3.8, 4) is 22.8 Å². The van der Waals surface area contributed by atoms with Crippen LogP contribution in [-0.4, -0.2) is 53.8 Å². The number of carbonyl (C=O) groups is 1. The maximum absolute atomic E-state index is 12.9. The third kappa shape index (κ3) is 6.83. The number of hydrogen-bond acceptors (Lipinski definition) is 7. The molecule has 0 spiro atoms. The minimum atomic E-state index is -0.932. The molecular formula is C29H30N4O4. The second-order valence-corrected chi connectivity index (χ2v) is 8.75. The number of amides is 1. The summed E-state index contributed by atoms with van der Waals surface area (Å²) >= 11 is 0. The molecule has 1 atom stereocenters. The Hall–Kier alpha value is -4.43. The van der Waals surface area contributed by atoms with Gasteiger partial charge in [-0.25, -0.2) is 14.8 Å². The number of ether oxygens (including phenoxy) is 2. The quantitative estimate of drug-likeness (QED) is 0.349. The average molecular weight is 499 g/mol. The summed E-state index contributed by atoms with van der Waals surface area (Å²) in [6.45, 7) is 0.448. The summed E-state index contributed by atoms with van der Waals surface area (Å²) in [6, 6.07) is 26.5. The van der Waals surface area contributed by atoms with Crippen molar-refractivity contribution in [2.75, 3.05) is 32.6 Å². The van der Waals surface area contributed by atoms with E-state index >= 15 is 0 Å². The Morgan fingerprint density at radius 1 is 0.946 bits per heavy atom. The molecule has 4 aromatic rings. The molecule has 37 heavy (non-hydrogen) atoms. The van der Waals surface area contributed by atoms with E-state index in [4.69, 9.17) is 9.47 Å². The van der Waals surface area contributed by atoms with Crippen LogP contribution in [0.5, 0.6) is 11.5 Å². The van der Waals surface area contributed by atoms with Gasteiger partial charge in [0.1, 0.15) is 18.1 Å². The zero-order chi connectivity index (χ0) is 26.2. The molecule has 0 aliphatic rings. The largest absolute Gasteiger partial charge is 0.489 e. The van der Waals surface area contributed by atoms with Gasteiger partial charge >= 0.3 is 6.09 Å². The number of likely N-dealkylation sites (N-methyl/N-ethyl adjacent to an activating group) is 1. The van der Waals surface area contributed by atoms with Crippen LogP contribution in [0, 0.1) is 0 Å². The normalized spacial score (nSPS) is 11.5. The van der Waals surface area contributed by atoms with Crippen molar-refractivity contribution in [2.24, 2.45) is 0 Å². The lowest BCUT2D eigenvalue weighted by molar-refractivity contribution is 0.112.